The summed E-state index contributed by atoms with van der Waals surface area (Å²) in [6.45, 7) is 0. The minimum absolute atomic E-state index is 0.272. The second kappa shape index (κ2) is 10.1. The Bertz CT molecular complexity index is 1340. The largest absolute Gasteiger partial charge is 0.469 e. The number of hydrogen-bond acceptors (Lipinski definition) is 5. The van der Waals surface area contributed by atoms with E-state index in [0.717, 1.165) is 22.3 Å². The average Bonchev–Trinajstić information content (AvgIpc) is 3.61. The molecule has 0 saturated heterocycles. The lowest BCUT2D eigenvalue weighted by Gasteiger charge is -2.20. The molecule has 6 rings (SSSR count). The van der Waals surface area contributed by atoms with E-state index in [9.17, 15) is 5.26 Å². The molecule has 5 heteroatoms. The van der Waals surface area contributed by atoms with E-state index in [0.29, 0.717) is 11.8 Å². The quantitative estimate of drug-likeness (QED) is 0.298. The Morgan fingerprint density at radius 3 is 1.16 bits per heavy atom. The van der Waals surface area contributed by atoms with Crippen molar-refractivity contribution in [1.29, 1.82) is 5.26 Å². The van der Waals surface area contributed by atoms with E-state index in [1.54, 1.807) is 0 Å². The van der Waals surface area contributed by atoms with Crippen molar-refractivity contribution in [3.63, 3.8) is 0 Å². The second-order valence-corrected chi connectivity index (χ2v) is 9.11. The summed E-state index contributed by atoms with van der Waals surface area (Å²) in [6, 6.07) is 41.9. The van der Waals surface area contributed by atoms with E-state index in [1.807, 2.05) is 121 Å². The molecule has 0 saturated carbocycles. The minimum atomic E-state index is -0.847. The van der Waals surface area contributed by atoms with Gasteiger partial charge in [-0.1, -0.05) is 121 Å². The lowest BCUT2D eigenvalue weighted by molar-refractivity contribution is 0.177. The Morgan fingerprint density at radius 2 is 0.838 bits per heavy atom. The standard InChI is InChI=1S/C32H25N3O2/c33-21-26(31-34-27(22-13-5-1-6-14-22)29(36-31)24-17-9-3-10-18-24)32-35-28(23-15-7-2-8-16-23)30(37-32)25-19-11-4-12-20-25/h1-20,26-30H/t27-,28-,29+,30+/m0/s1. The molecule has 180 valence electrons. The van der Waals surface area contributed by atoms with Crippen molar-refractivity contribution in [2.75, 3.05) is 0 Å². The van der Waals surface area contributed by atoms with Gasteiger partial charge in [-0.15, -0.1) is 0 Å². The first-order valence-electron chi connectivity index (χ1n) is 12.4. The van der Waals surface area contributed by atoms with Crippen molar-refractivity contribution in [1.82, 2.24) is 0 Å². The van der Waals surface area contributed by atoms with Crippen molar-refractivity contribution in [2.24, 2.45) is 15.9 Å². The van der Waals surface area contributed by atoms with Crippen molar-refractivity contribution < 1.29 is 9.47 Å². The monoisotopic (exact) mass is 483 g/mol. The van der Waals surface area contributed by atoms with Gasteiger partial charge >= 0.3 is 0 Å². The van der Waals surface area contributed by atoms with Crippen LogP contribution in [0.3, 0.4) is 0 Å². The SMILES string of the molecule is N#CC(C1=N[C@@H](c2ccccc2)[C@@H](c2ccccc2)O1)C1=N[C@@H](c2ccccc2)[C@@H](c2ccccc2)O1. The van der Waals surface area contributed by atoms with Crippen LogP contribution in [0.4, 0.5) is 0 Å². The Balaban J connectivity index is 1.37. The first-order valence-corrected chi connectivity index (χ1v) is 12.4. The Labute approximate surface area is 216 Å². The zero-order valence-corrected chi connectivity index (χ0v) is 20.1. The van der Waals surface area contributed by atoms with Crippen LogP contribution in [0.25, 0.3) is 0 Å². The van der Waals surface area contributed by atoms with E-state index in [-0.39, 0.29) is 24.3 Å². The summed E-state index contributed by atoms with van der Waals surface area (Å²) >= 11 is 0. The minimum Gasteiger partial charge on any atom is -0.469 e. The topological polar surface area (TPSA) is 67.0 Å². The molecule has 0 spiro atoms. The molecule has 0 amide bonds. The third-order valence-corrected chi connectivity index (χ3v) is 6.76. The van der Waals surface area contributed by atoms with Gasteiger partial charge in [0.15, 0.2) is 18.1 Å². The van der Waals surface area contributed by atoms with Crippen LogP contribution in [-0.2, 0) is 9.47 Å². The molecule has 37 heavy (non-hydrogen) atoms. The predicted octanol–water partition coefficient (Wildman–Crippen LogP) is 6.95. The molecule has 2 aliphatic rings. The summed E-state index contributed by atoms with van der Waals surface area (Å²) in [6.07, 6.45) is -0.683. The molecule has 0 radical (unpaired) electrons. The summed E-state index contributed by atoms with van der Waals surface area (Å²) in [5.74, 6) is -0.172. The third-order valence-electron chi connectivity index (χ3n) is 6.76. The van der Waals surface area contributed by atoms with Gasteiger partial charge in [0, 0.05) is 0 Å². The molecular weight excluding hydrogens is 458 g/mol. The van der Waals surface area contributed by atoms with Crippen molar-refractivity contribution >= 4 is 11.8 Å². The Hall–Kier alpha value is -4.69. The highest BCUT2D eigenvalue weighted by molar-refractivity contribution is 6.04. The number of aliphatic imine (C=N–C) groups is 2. The zero-order chi connectivity index (χ0) is 25.0. The second-order valence-electron chi connectivity index (χ2n) is 9.11. The van der Waals surface area contributed by atoms with Gasteiger partial charge in [-0.25, -0.2) is 9.98 Å². The lowest BCUT2D eigenvalue weighted by Crippen LogP contribution is -2.24. The fourth-order valence-electron chi connectivity index (χ4n) is 4.95. The van der Waals surface area contributed by atoms with Gasteiger partial charge < -0.3 is 9.47 Å². The maximum Gasteiger partial charge on any atom is 0.212 e. The zero-order valence-electron chi connectivity index (χ0n) is 20.1. The molecule has 4 aromatic rings. The summed E-state index contributed by atoms with van der Waals surface area (Å²) in [5.41, 5.74) is 4.07. The molecule has 0 fully saturated rings. The first-order chi connectivity index (χ1) is 18.3. The van der Waals surface area contributed by atoms with E-state index < -0.39 is 5.92 Å². The molecule has 0 N–H and O–H groups in total. The molecule has 0 aliphatic carbocycles. The van der Waals surface area contributed by atoms with Crippen LogP contribution >= 0.6 is 0 Å². The number of hydrogen-bond donors (Lipinski definition) is 0. The molecule has 4 atom stereocenters. The fraction of sp³-hybridized carbons (Fsp3) is 0.156. The molecule has 0 bridgehead atoms. The average molecular weight is 484 g/mol. The fourth-order valence-corrected chi connectivity index (χ4v) is 4.95. The van der Waals surface area contributed by atoms with Crippen LogP contribution in [0.1, 0.15) is 46.5 Å². The van der Waals surface area contributed by atoms with Gasteiger partial charge in [-0.3, -0.25) is 0 Å². The van der Waals surface area contributed by atoms with E-state index in [4.69, 9.17) is 19.5 Å². The smallest absolute Gasteiger partial charge is 0.212 e. The molecule has 5 nitrogen and oxygen atoms in total. The van der Waals surface area contributed by atoms with Crippen LogP contribution in [0.5, 0.6) is 0 Å². The Kier molecular flexibility index (Phi) is 6.22. The maximum absolute atomic E-state index is 10.3. The molecule has 4 aromatic carbocycles. The van der Waals surface area contributed by atoms with Gasteiger partial charge in [0.2, 0.25) is 11.8 Å². The summed E-state index contributed by atoms with van der Waals surface area (Å²) in [5, 5.41) is 10.3. The first kappa shape index (κ1) is 22.8. The van der Waals surface area contributed by atoms with Crippen LogP contribution in [0.15, 0.2) is 131 Å². The van der Waals surface area contributed by atoms with Crippen molar-refractivity contribution in [3.8, 4) is 6.07 Å². The molecule has 2 heterocycles. The van der Waals surface area contributed by atoms with E-state index >= 15 is 0 Å². The van der Waals surface area contributed by atoms with Crippen LogP contribution < -0.4 is 0 Å². The van der Waals surface area contributed by atoms with Gasteiger partial charge in [-0.2, -0.15) is 5.26 Å². The molecular formula is C32H25N3O2. The summed E-state index contributed by atoms with van der Waals surface area (Å²) in [4.78, 5) is 9.88. The van der Waals surface area contributed by atoms with E-state index in [1.165, 1.54) is 0 Å². The summed E-state index contributed by atoms with van der Waals surface area (Å²) < 4.78 is 12.9. The van der Waals surface area contributed by atoms with E-state index in [2.05, 4.69) is 6.07 Å². The maximum atomic E-state index is 10.3. The third kappa shape index (κ3) is 4.50. The van der Waals surface area contributed by atoms with Gasteiger partial charge in [0.05, 0.1) is 6.07 Å². The van der Waals surface area contributed by atoms with Gasteiger partial charge in [0.25, 0.3) is 0 Å². The highest BCUT2D eigenvalue weighted by Gasteiger charge is 2.43. The Morgan fingerprint density at radius 1 is 0.514 bits per heavy atom. The normalized spacial score (nSPS) is 22.5. The number of benzene rings is 4. The number of ether oxygens (including phenoxy) is 2. The van der Waals surface area contributed by atoms with Crippen LogP contribution in [-0.4, -0.2) is 11.8 Å². The predicted molar refractivity (Wildman–Crippen MR) is 143 cm³/mol. The molecule has 2 aliphatic heterocycles. The number of nitrogens with zero attached hydrogens (tertiary/aromatic N) is 3. The van der Waals surface area contributed by atoms with Gasteiger partial charge in [-0.05, 0) is 22.3 Å². The van der Waals surface area contributed by atoms with Crippen molar-refractivity contribution in [2.45, 2.75) is 24.3 Å². The van der Waals surface area contributed by atoms with Gasteiger partial charge in [0.1, 0.15) is 12.1 Å². The molecule has 0 aromatic heterocycles. The highest BCUT2D eigenvalue weighted by Crippen LogP contribution is 2.44. The lowest BCUT2D eigenvalue weighted by atomic mass is 9.97. The van der Waals surface area contributed by atoms with Crippen molar-refractivity contribution in [3.05, 3.63) is 144 Å². The highest BCUT2D eigenvalue weighted by atomic mass is 16.5. The summed E-state index contributed by atoms with van der Waals surface area (Å²) in [7, 11) is 0. The van der Waals surface area contributed by atoms with Crippen LogP contribution in [0, 0.1) is 17.2 Å². The van der Waals surface area contributed by atoms with Crippen LogP contribution in [0.2, 0.25) is 0 Å². The number of nitriles is 1. The molecule has 0 unspecified atom stereocenters. The number of rotatable bonds is 6.